The molecule has 5 nitrogen and oxygen atoms in total. The molecule has 2 aromatic heterocycles. The van der Waals surface area contributed by atoms with Gasteiger partial charge in [0, 0.05) is 36.3 Å². The van der Waals surface area contributed by atoms with Gasteiger partial charge in [-0.25, -0.2) is 4.98 Å². The third kappa shape index (κ3) is 4.71. The summed E-state index contributed by atoms with van der Waals surface area (Å²) < 4.78 is 8.96. The molecule has 6 heteroatoms. The summed E-state index contributed by atoms with van der Waals surface area (Å²) in [6.45, 7) is 4.07. The van der Waals surface area contributed by atoms with Crippen LogP contribution in [0.4, 0.5) is 5.69 Å². The lowest BCUT2D eigenvalue weighted by molar-refractivity contribution is 0.123. The number of fused-ring (bicyclic) bond motifs is 1. The van der Waals surface area contributed by atoms with Gasteiger partial charge in [0.1, 0.15) is 5.52 Å². The number of hydrogen-bond acceptors (Lipinski definition) is 6. The molecule has 0 amide bonds. The second-order valence-electron chi connectivity index (χ2n) is 7.43. The largest absolute Gasteiger partial charge is 0.378 e. The molecule has 0 atom stereocenters. The highest BCUT2D eigenvalue weighted by atomic mass is 32.2. The average Bonchev–Trinajstić information content (AvgIpc) is 2.85. The van der Waals surface area contributed by atoms with Gasteiger partial charge in [-0.15, -0.1) is 0 Å². The van der Waals surface area contributed by atoms with E-state index in [1.54, 1.807) is 11.9 Å². The first-order valence-corrected chi connectivity index (χ1v) is 11.3. The highest BCUT2D eigenvalue weighted by Gasteiger charge is 2.15. The Bertz CT molecular complexity index is 1160. The van der Waals surface area contributed by atoms with Gasteiger partial charge in [0.25, 0.3) is 0 Å². The Hall–Kier alpha value is -2.93. The van der Waals surface area contributed by atoms with Crippen molar-refractivity contribution in [2.45, 2.75) is 11.4 Å². The summed E-state index contributed by atoms with van der Waals surface area (Å²) in [6.07, 6.45) is 1.87. The van der Waals surface area contributed by atoms with Crippen molar-refractivity contribution in [1.82, 2.24) is 14.7 Å². The predicted octanol–water partition coefficient (Wildman–Crippen LogP) is 4.93. The molecule has 1 aliphatic rings. The number of rotatable bonds is 6. The Labute approximate surface area is 186 Å². The zero-order chi connectivity index (χ0) is 20.9. The topological polar surface area (TPSA) is 50.3 Å². The number of benzene rings is 2. The number of morpholine rings is 1. The average molecular weight is 429 g/mol. The van der Waals surface area contributed by atoms with Gasteiger partial charge in [-0.05, 0) is 47.8 Å². The fourth-order valence-corrected chi connectivity index (χ4v) is 4.49. The first-order valence-electron chi connectivity index (χ1n) is 10.5. The van der Waals surface area contributed by atoms with Crippen LogP contribution in [-0.2, 0) is 11.3 Å². The van der Waals surface area contributed by atoms with Crippen LogP contribution in [-0.4, -0.2) is 36.3 Å². The van der Waals surface area contributed by atoms with Crippen LogP contribution in [0.5, 0.6) is 0 Å². The quantitative estimate of drug-likeness (QED) is 0.440. The maximum Gasteiger partial charge on any atom is 0.113 e. The Morgan fingerprint density at radius 1 is 0.935 bits per heavy atom. The second kappa shape index (κ2) is 9.47. The van der Waals surface area contributed by atoms with Crippen molar-refractivity contribution in [3.63, 3.8) is 0 Å². The van der Waals surface area contributed by atoms with E-state index in [1.165, 1.54) is 5.56 Å². The van der Waals surface area contributed by atoms with Gasteiger partial charge in [-0.3, -0.25) is 9.71 Å². The van der Waals surface area contributed by atoms with Crippen LogP contribution in [0.15, 0.2) is 83.9 Å². The van der Waals surface area contributed by atoms with Crippen LogP contribution >= 0.6 is 11.9 Å². The monoisotopic (exact) mass is 428 g/mol. The number of anilines is 1. The van der Waals surface area contributed by atoms with Crippen molar-refractivity contribution in [1.29, 1.82) is 0 Å². The molecule has 1 aliphatic heterocycles. The summed E-state index contributed by atoms with van der Waals surface area (Å²) in [4.78, 5) is 13.0. The molecule has 0 spiro atoms. The molecule has 5 rings (SSSR count). The minimum atomic E-state index is 0.749. The van der Waals surface area contributed by atoms with Crippen molar-refractivity contribution in [2.75, 3.05) is 31.2 Å². The predicted molar refractivity (Wildman–Crippen MR) is 127 cm³/mol. The Balaban J connectivity index is 1.38. The van der Waals surface area contributed by atoms with Gasteiger partial charge >= 0.3 is 0 Å². The van der Waals surface area contributed by atoms with E-state index in [-0.39, 0.29) is 0 Å². The number of ether oxygens (including phenoxy) is 1. The molecule has 0 saturated carbocycles. The summed E-state index contributed by atoms with van der Waals surface area (Å²) in [5.41, 5.74) is 6.33. The molecule has 4 aromatic rings. The summed E-state index contributed by atoms with van der Waals surface area (Å²) >= 11 is 1.64. The summed E-state index contributed by atoms with van der Waals surface area (Å²) in [7, 11) is 0. The number of hydrogen-bond donors (Lipinski definition) is 1. The number of nitrogens with zero attached hydrogens (tertiary/aromatic N) is 3. The summed E-state index contributed by atoms with van der Waals surface area (Å²) in [5.74, 6) is 0. The third-order valence-electron chi connectivity index (χ3n) is 5.35. The van der Waals surface area contributed by atoms with Gasteiger partial charge in [0.2, 0.25) is 0 Å². The maximum atomic E-state index is 5.51. The van der Waals surface area contributed by atoms with Crippen LogP contribution in [0.3, 0.4) is 0 Å². The Kier molecular flexibility index (Phi) is 6.11. The van der Waals surface area contributed by atoms with Gasteiger partial charge in [-0.1, -0.05) is 42.5 Å². The van der Waals surface area contributed by atoms with Crippen LogP contribution in [0, 0.1) is 0 Å². The van der Waals surface area contributed by atoms with Gasteiger partial charge in [0.05, 0.1) is 30.1 Å². The fourth-order valence-electron chi connectivity index (χ4n) is 3.75. The zero-order valence-electron chi connectivity index (χ0n) is 17.2. The van der Waals surface area contributed by atoms with E-state index in [4.69, 9.17) is 9.72 Å². The van der Waals surface area contributed by atoms with E-state index in [0.29, 0.717) is 0 Å². The molecule has 156 valence electrons. The zero-order valence-corrected chi connectivity index (χ0v) is 18.0. The molecule has 31 heavy (non-hydrogen) atoms. The lowest BCUT2D eigenvalue weighted by Gasteiger charge is -2.29. The van der Waals surface area contributed by atoms with Crippen molar-refractivity contribution in [2.24, 2.45) is 0 Å². The summed E-state index contributed by atoms with van der Waals surface area (Å²) in [5, 5.41) is 0. The number of aromatic nitrogens is 2. The van der Waals surface area contributed by atoms with Gasteiger partial charge < -0.3 is 9.64 Å². The lowest BCUT2D eigenvalue weighted by atomic mass is 10.1. The Morgan fingerprint density at radius 3 is 2.68 bits per heavy atom. The number of pyridine rings is 2. The smallest absolute Gasteiger partial charge is 0.113 e. The van der Waals surface area contributed by atoms with Crippen LogP contribution in [0.1, 0.15) is 5.56 Å². The van der Waals surface area contributed by atoms with Crippen molar-refractivity contribution >= 4 is 28.7 Å². The molecule has 0 radical (unpaired) electrons. The van der Waals surface area contributed by atoms with Gasteiger partial charge in [-0.2, -0.15) is 0 Å². The molecule has 0 unspecified atom stereocenters. The van der Waals surface area contributed by atoms with Crippen molar-refractivity contribution < 1.29 is 4.74 Å². The van der Waals surface area contributed by atoms with Crippen LogP contribution < -0.4 is 9.62 Å². The molecule has 2 aromatic carbocycles. The first-order chi connectivity index (χ1) is 15.4. The molecular formula is C25H24N4OS. The van der Waals surface area contributed by atoms with E-state index < -0.39 is 0 Å². The highest BCUT2D eigenvalue weighted by Crippen LogP contribution is 2.29. The minimum Gasteiger partial charge on any atom is -0.378 e. The van der Waals surface area contributed by atoms with E-state index >= 15 is 0 Å². The molecule has 0 bridgehead atoms. The van der Waals surface area contributed by atoms with Gasteiger partial charge in [0.15, 0.2) is 0 Å². The maximum absolute atomic E-state index is 5.51. The number of nitrogens with one attached hydrogen (secondary N) is 1. The minimum absolute atomic E-state index is 0.749. The van der Waals surface area contributed by atoms with E-state index in [0.717, 1.165) is 65.7 Å². The van der Waals surface area contributed by atoms with E-state index in [9.17, 15) is 0 Å². The van der Waals surface area contributed by atoms with Crippen molar-refractivity contribution in [3.05, 3.63) is 84.6 Å². The van der Waals surface area contributed by atoms with E-state index in [1.807, 2.05) is 12.3 Å². The lowest BCUT2D eigenvalue weighted by Crippen LogP contribution is -2.36. The molecule has 3 heterocycles. The normalized spacial score (nSPS) is 14.1. The molecular weight excluding hydrogens is 404 g/mol. The molecule has 1 N–H and O–H groups in total. The highest BCUT2D eigenvalue weighted by molar-refractivity contribution is 7.97. The molecule has 0 aliphatic carbocycles. The third-order valence-corrected chi connectivity index (χ3v) is 6.13. The Morgan fingerprint density at radius 2 is 1.81 bits per heavy atom. The first kappa shape index (κ1) is 20.0. The van der Waals surface area contributed by atoms with Crippen molar-refractivity contribution in [3.8, 4) is 11.3 Å². The van der Waals surface area contributed by atoms with E-state index in [2.05, 4.69) is 81.3 Å². The fraction of sp³-hybridized carbons (Fsp3) is 0.200. The van der Waals surface area contributed by atoms with Crippen LogP contribution in [0.2, 0.25) is 0 Å². The second-order valence-corrected chi connectivity index (χ2v) is 8.39. The molecule has 1 saturated heterocycles. The van der Waals surface area contributed by atoms with Crippen LogP contribution in [0.25, 0.3) is 22.3 Å². The molecule has 1 fully saturated rings. The SMILES string of the molecule is c1ccc(CNSc2cccc(-c3ccc4nccc(N5CCOCC5)c4n3)c2)cc1. The summed E-state index contributed by atoms with van der Waals surface area (Å²) in [6, 6.07) is 25.1. The standard InChI is InChI=1S/C25H24N4OS/c1-2-5-19(6-3-1)18-27-31-21-8-4-7-20(17-21)22-9-10-23-25(28-22)24(11-12-26-23)29-13-15-30-16-14-29/h1-12,17,27H,13-16,18H2.